The van der Waals surface area contributed by atoms with E-state index in [1.807, 2.05) is 52.1 Å². The number of fused-ring (bicyclic) bond motifs is 1. The summed E-state index contributed by atoms with van der Waals surface area (Å²) in [4.78, 5) is 2.14. The third-order valence-electron chi connectivity index (χ3n) is 4.87. The zero-order chi connectivity index (χ0) is 17.7. The number of furan rings is 1. The fraction of sp³-hybridized carbons (Fsp3) is 0.368. The zero-order valence-electron chi connectivity index (χ0n) is 15.2. The van der Waals surface area contributed by atoms with Gasteiger partial charge < -0.3 is 9.32 Å². The summed E-state index contributed by atoms with van der Waals surface area (Å²) in [5.74, 6) is 2.68. The second kappa shape index (κ2) is 5.65. The van der Waals surface area contributed by atoms with E-state index in [0.29, 0.717) is 5.50 Å². The maximum atomic E-state index is 13.8. The summed E-state index contributed by atoms with van der Waals surface area (Å²) >= 11 is 0. The van der Waals surface area contributed by atoms with Crippen LogP contribution in [0.2, 0.25) is 0 Å². The molecule has 24 heavy (non-hydrogen) atoms. The van der Waals surface area contributed by atoms with E-state index in [1.54, 1.807) is 4.67 Å². The van der Waals surface area contributed by atoms with Gasteiger partial charge in [0.25, 0.3) is 0 Å². The van der Waals surface area contributed by atoms with Gasteiger partial charge in [-0.1, -0.05) is 32.0 Å². The predicted molar refractivity (Wildman–Crippen MR) is 100 cm³/mol. The van der Waals surface area contributed by atoms with Gasteiger partial charge in [0, 0.05) is 29.7 Å². The van der Waals surface area contributed by atoms with Gasteiger partial charge in [-0.15, -0.1) is 0 Å². The summed E-state index contributed by atoms with van der Waals surface area (Å²) in [5, 5.41) is 0. The first-order valence-electron chi connectivity index (χ1n) is 8.09. The fourth-order valence-electron chi connectivity index (χ4n) is 3.37. The molecule has 0 spiro atoms. The molecule has 0 saturated carbocycles. The summed E-state index contributed by atoms with van der Waals surface area (Å²) in [6.45, 7) is 6.22. The van der Waals surface area contributed by atoms with Crippen molar-refractivity contribution in [2.45, 2.75) is 26.2 Å². The standard InChI is InChI=1S/C19H25N2O2P/c1-14-11-12-18(23-14)24(22,20(4)5)13-17-19(2,3)15-9-7-8-10-16(15)21(17)6/h7-13H,1-6H3/b17-13-/t24-/m0/s1. The van der Waals surface area contributed by atoms with E-state index in [0.717, 1.165) is 17.1 Å². The largest absolute Gasteiger partial charge is 0.457 e. The number of nitrogens with zero attached hydrogens (tertiary/aromatic N) is 2. The molecule has 4 nitrogen and oxygen atoms in total. The lowest BCUT2D eigenvalue weighted by atomic mass is 9.84. The number of hydrogen-bond acceptors (Lipinski definition) is 3. The number of aryl methyl sites for hydroxylation is 1. The second-order valence-corrected chi connectivity index (χ2v) is 9.81. The lowest BCUT2D eigenvalue weighted by Crippen LogP contribution is -2.25. The maximum absolute atomic E-state index is 13.8. The molecule has 5 heteroatoms. The van der Waals surface area contributed by atoms with Crippen LogP contribution in [0.1, 0.15) is 25.2 Å². The van der Waals surface area contributed by atoms with Gasteiger partial charge in [0.05, 0.1) is 0 Å². The Kier molecular flexibility index (Phi) is 4.01. The zero-order valence-corrected chi connectivity index (χ0v) is 16.1. The molecular formula is C19H25N2O2P. The fourth-order valence-corrected chi connectivity index (χ4v) is 5.51. The molecule has 0 amide bonds. The van der Waals surface area contributed by atoms with Gasteiger partial charge in [0.2, 0.25) is 7.29 Å². The van der Waals surface area contributed by atoms with Gasteiger partial charge in [-0.3, -0.25) is 9.24 Å². The molecule has 0 aliphatic carbocycles. The van der Waals surface area contributed by atoms with Gasteiger partial charge in [-0.2, -0.15) is 0 Å². The smallest absolute Gasteiger partial charge is 0.235 e. The molecule has 128 valence electrons. The highest BCUT2D eigenvalue weighted by Crippen LogP contribution is 2.55. The van der Waals surface area contributed by atoms with E-state index < -0.39 is 7.29 Å². The van der Waals surface area contributed by atoms with Crippen LogP contribution < -0.4 is 10.4 Å². The van der Waals surface area contributed by atoms with Crippen molar-refractivity contribution in [2.75, 3.05) is 26.0 Å². The van der Waals surface area contributed by atoms with Crippen molar-refractivity contribution >= 4 is 18.5 Å². The van der Waals surface area contributed by atoms with Crippen molar-refractivity contribution in [3.8, 4) is 0 Å². The van der Waals surface area contributed by atoms with Gasteiger partial charge in [0.1, 0.15) is 5.76 Å². The average molecular weight is 344 g/mol. The van der Waals surface area contributed by atoms with E-state index in [9.17, 15) is 4.57 Å². The number of allylic oxidation sites excluding steroid dienone is 1. The first-order valence-corrected chi connectivity index (χ1v) is 9.82. The summed E-state index contributed by atoms with van der Waals surface area (Å²) in [7, 11) is 2.76. The Bertz CT molecular complexity index is 849. The molecule has 1 aromatic carbocycles. The predicted octanol–water partition coefficient (Wildman–Crippen LogP) is 4.32. The van der Waals surface area contributed by atoms with Crippen molar-refractivity contribution in [1.82, 2.24) is 4.67 Å². The highest BCUT2D eigenvalue weighted by atomic mass is 31.2. The Morgan fingerprint density at radius 2 is 1.83 bits per heavy atom. The molecule has 3 rings (SSSR count). The molecule has 2 heterocycles. The Labute approximate surface area is 144 Å². The van der Waals surface area contributed by atoms with Crippen LogP contribution >= 0.6 is 7.29 Å². The number of para-hydroxylation sites is 1. The Morgan fingerprint density at radius 1 is 1.17 bits per heavy atom. The van der Waals surface area contributed by atoms with E-state index in [2.05, 4.69) is 36.9 Å². The van der Waals surface area contributed by atoms with Crippen LogP contribution in [0.4, 0.5) is 5.69 Å². The first-order chi connectivity index (χ1) is 11.2. The normalized spacial score (nSPS) is 20.5. The van der Waals surface area contributed by atoms with Crippen LogP contribution in [-0.2, 0) is 9.98 Å². The minimum absolute atomic E-state index is 0.210. The molecule has 0 radical (unpaired) electrons. The molecule has 0 bridgehead atoms. The molecule has 0 saturated heterocycles. The summed E-state index contributed by atoms with van der Waals surface area (Å²) in [5.41, 5.74) is 3.76. The van der Waals surface area contributed by atoms with Crippen molar-refractivity contribution < 1.29 is 8.98 Å². The number of hydrogen-bond donors (Lipinski definition) is 0. The maximum Gasteiger partial charge on any atom is 0.235 e. The SMILES string of the molecule is Cc1ccc([P@@](=O)(/C=C2\N(C)c3ccccc3C2(C)C)N(C)C)o1. The number of anilines is 1. The van der Waals surface area contributed by atoms with Gasteiger partial charge in [-0.25, -0.2) is 0 Å². The van der Waals surface area contributed by atoms with Crippen LogP contribution in [0.5, 0.6) is 0 Å². The monoisotopic (exact) mass is 344 g/mol. The topological polar surface area (TPSA) is 36.7 Å². The van der Waals surface area contributed by atoms with Crippen molar-refractivity contribution in [3.05, 3.63) is 59.2 Å². The minimum atomic E-state index is -2.95. The Hall–Kier alpha value is -1.77. The molecule has 1 aliphatic rings. The summed E-state index contributed by atoms with van der Waals surface area (Å²) in [6, 6.07) is 12.0. The van der Waals surface area contributed by atoms with Crippen LogP contribution in [0.25, 0.3) is 0 Å². The number of benzene rings is 1. The van der Waals surface area contributed by atoms with Crippen molar-refractivity contribution in [3.63, 3.8) is 0 Å². The molecule has 1 aromatic heterocycles. The molecular weight excluding hydrogens is 319 g/mol. The molecule has 2 aromatic rings. The Morgan fingerprint density at radius 3 is 2.38 bits per heavy atom. The lowest BCUT2D eigenvalue weighted by molar-refractivity contribution is 0.506. The van der Waals surface area contributed by atoms with Crippen LogP contribution in [0.15, 0.2) is 52.3 Å². The molecule has 1 atom stereocenters. The van der Waals surface area contributed by atoms with Crippen LogP contribution in [0.3, 0.4) is 0 Å². The number of likely N-dealkylation sites (N-methyl/N-ethyl adjacent to an activating group) is 1. The summed E-state index contributed by atoms with van der Waals surface area (Å²) < 4.78 is 21.3. The van der Waals surface area contributed by atoms with Crippen molar-refractivity contribution in [2.24, 2.45) is 0 Å². The highest BCUT2D eigenvalue weighted by molar-refractivity contribution is 7.71. The van der Waals surface area contributed by atoms with E-state index in [1.165, 1.54) is 5.56 Å². The molecule has 0 fully saturated rings. The summed E-state index contributed by atoms with van der Waals surface area (Å²) in [6.07, 6.45) is 0. The van der Waals surface area contributed by atoms with Gasteiger partial charge in [0.15, 0.2) is 5.50 Å². The molecule has 0 unspecified atom stereocenters. The van der Waals surface area contributed by atoms with E-state index in [4.69, 9.17) is 4.42 Å². The highest BCUT2D eigenvalue weighted by Gasteiger charge is 2.41. The molecule has 0 N–H and O–H groups in total. The van der Waals surface area contributed by atoms with Crippen LogP contribution in [0, 0.1) is 6.92 Å². The van der Waals surface area contributed by atoms with E-state index in [-0.39, 0.29) is 5.41 Å². The average Bonchev–Trinajstić information content (AvgIpc) is 3.04. The van der Waals surface area contributed by atoms with Crippen LogP contribution in [-0.4, -0.2) is 25.8 Å². The lowest BCUT2D eigenvalue weighted by Gasteiger charge is -2.28. The third-order valence-corrected chi connectivity index (χ3v) is 7.53. The third kappa shape index (κ3) is 2.45. The van der Waals surface area contributed by atoms with E-state index >= 15 is 0 Å². The van der Waals surface area contributed by atoms with Gasteiger partial charge in [-0.05, 0) is 44.8 Å². The quantitative estimate of drug-likeness (QED) is 0.777. The van der Waals surface area contributed by atoms with Gasteiger partial charge >= 0.3 is 0 Å². The number of rotatable bonds is 3. The molecule has 1 aliphatic heterocycles. The van der Waals surface area contributed by atoms with Crippen molar-refractivity contribution in [1.29, 1.82) is 0 Å². The Balaban J connectivity index is 2.18. The minimum Gasteiger partial charge on any atom is -0.457 e. The first kappa shape index (κ1) is 17.1. The second-order valence-electron chi connectivity index (χ2n) is 7.07.